The first-order valence-corrected chi connectivity index (χ1v) is 7.74. The molecular formula is C15H14BrIO2. The molecule has 0 aliphatic carbocycles. The van der Waals surface area contributed by atoms with E-state index >= 15 is 0 Å². The lowest BCUT2D eigenvalue weighted by atomic mass is 10.0. The normalized spacial score (nSPS) is 12.2. The fourth-order valence-corrected chi connectivity index (χ4v) is 3.13. The van der Waals surface area contributed by atoms with E-state index in [0.717, 1.165) is 24.9 Å². The lowest BCUT2D eigenvalue weighted by molar-refractivity contribution is 0.176. The Labute approximate surface area is 135 Å². The highest BCUT2D eigenvalue weighted by Gasteiger charge is 2.14. The van der Waals surface area contributed by atoms with Gasteiger partial charge in [0.1, 0.15) is 5.75 Å². The molecule has 0 fully saturated rings. The summed E-state index contributed by atoms with van der Waals surface area (Å²) < 4.78 is 7.39. The predicted molar refractivity (Wildman–Crippen MR) is 88.5 cm³/mol. The Bertz CT molecular complexity index is 572. The van der Waals surface area contributed by atoms with Crippen LogP contribution in [0.5, 0.6) is 5.75 Å². The Morgan fingerprint density at radius 2 is 2.00 bits per heavy atom. The largest absolute Gasteiger partial charge is 0.496 e. The quantitative estimate of drug-likeness (QED) is 0.728. The second-order valence-corrected chi connectivity index (χ2v) is 6.28. The molecule has 1 N–H and O–H groups in total. The van der Waals surface area contributed by atoms with E-state index in [1.807, 2.05) is 42.5 Å². The number of hydrogen-bond donors (Lipinski definition) is 1. The van der Waals surface area contributed by atoms with Crippen LogP contribution in [-0.4, -0.2) is 12.2 Å². The third kappa shape index (κ3) is 3.70. The average molecular weight is 433 g/mol. The molecule has 0 aromatic heterocycles. The molecule has 4 heteroatoms. The van der Waals surface area contributed by atoms with E-state index in [-0.39, 0.29) is 0 Å². The van der Waals surface area contributed by atoms with E-state index in [9.17, 15) is 5.11 Å². The van der Waals surface area contributed by atoms with Gasteiger partial charge in [0.2, 0.25) is 0 Å². The summed E-state index contributed by atoms with van der Waals surface area (Å²) in [6.45, 7) is 0. The zero-order valence-corrected chi connectivity index (χ0v) is 14.2. The highest BCUT2D eigenvalue weighted by molar-refractivity contribution is 14.1. The van der Waals surface area contributed by atoms with Gasteiger partial charge in [0.05, 0.1) is 13.2 Å². The van der Waals surface area contributed by atoms with Crippen molar-refractivity contribution in [1.82, 2.24) is 0 Å². The lowest BCUT2D eigenvalue weighted by Gasteiger charge is -2.15. The Balaban J connectivity index is 2.26. The Hall–Kier alpha value is -0.590. The van der Waals surface area contributed by atoms with Crippen LogP contribution >= 0.6 is 38.5 Å². The summed E-state index contributed by atoms with van der Waals surface area (Å²) in [5, 5.41) is 10.4. The third-order valence-electron chi connectivity index (χ3n) is 2.92. The number of methoxy groups -OCH3 is 1. The van der Waals surface area contributed by atoms with Crippen LogP contribution in [0.2, 0.25) is 0 Å². The van der Waals surface area contributed by atoms with Crippen molar-refractivity contribution in [2.45, 2.75) is 12.5 Å². The minimum Gasteiger partial charge on any atom is -0.496 e. The van der Waals surface area contributed by atoms with Crippen LogP contribution in [0.1, 0.15) is 17.2 Å². The number of hydrogen-bond acceptors (Lipinski definition) is 2. The fraction of sp³-hybridized carbons (Fsp3) is 0.200. The standard InChI is InChI=1S/C15H14BrIO2/c1-19-15-7-6-11(16)8-10(15)9-14(18)12-4-2-3-5-13(12)17/h2-8,14,18H,9H2,1H3. The van der Waals surface area contributed by atoms with Crippen molar-refractivity contribution in [3.05, 3.63) is 61.6 Å². The summed E-state index contributed by atoms with van der Waals surface area (Å²) in [6.07, 6.45) is -0.000819. The summed E-state index contributed by atoms with van der Waals surface area (Å²) in [5.41, 5.74) is 1.94. The maximum atomic E-state index is 10.4. The Morgan fingerprint density at radius 3 is 2.68 bits per heavy atom. The van der Waals surface area contributed by atoms with E-state index < -0.39 is 6.10 Å². The average Bonchev–Trinajstić information content (AvgIpc) is 2.39. The first-order valence-electron chi connectivity index (χ1n) is 5.86. The van der Waals surface area contributed by atoms with Crippen molar-refractivity contribution < 1.29 is 9.84 Å². The summed E-state index contributed by atoms with van der Waals surface area (Å²) >= 11 is 5.69. The van der Waals surface area contributed by atoms with Crippen LogP contribution in [0.25, 0.3) is 0 Å². The fourth-order valence-electron chi connectivity index (χ4n) is 1.97. The molecule has 0 spiro atoms. The van der Waals surface area contributed by atoms with Crippen LogP contribution < -0.4 is 4.74 Å². The van der Waals surface area contributed by atoms with E-state index in [1.165, 1.54) is 0 Å². The molecule has 2 rings (SSSR count). The number of halogens is 2. The molecule has 1 atom stereocenters. The minimum absolute atomic E-state index is 0.530. The monoisotopic (exact) mass is 432 g/mol. The lowest BCUT2D eigenvalue weighted by Crippen LogP contribution is -2.05. The molecule has 0 aliphatic rings. The second kappa shape index (κ2) is 6.72. The van der Waals surface area contributed by atoms with Gasteiger partial charge >= 0.3 is 0 Å². The van der Waals surface area contributed by atoms with Crippen molar-refractivity contribution in [2.75, 3.05) is 7.11 Å². The SMILES string of the molecule is COc1ccc(Br)cc1CC(O)c1ccccc1I. The van der Waals surface area contributed by atoms with Gasteiger partial charge in [-0.2, -0.15) is 0 Å². The zero-order valence-electron chi connectivity index (χ0n) is 10.4. The minimum atomic E-state index is -0.531. The number of ether oxygens (including phenoxy) is 1. The molecule has 0 saturated heterocycles. The molecule has 0 radical (unpaired) electrons. The number of benzene rings is 2. The maximum absolute atomic E-state index is 10.4. The van der Waals surface area contributed by atoms with Crippen LogP contribution in [0.4, 0.5) is 0 Å². The van der Waals surface area contributed by atoms with Gasteiger partial charge in [-0.15, -0.1) is 0 Å². The molecule has 1 unspecified atom stereocenters. The number of aliphatic hydroxyl groups is 1. The van der Waals surface area contributed by atoms with Crippen molar-refractivity contribution >= 4 is 38.5 Å². The molecule has 0 bridgehead atoms. The molecule has 2 aromatic carbocycles. The van der Waals surface area contributed by atoms with Crippen molar-refractivity contribution in [3.63, 3.8) is 0 Å². The van der Waals surface area contributed by atoms with Gasteiger partial charge in [-0.1, -0.05) is 34.1 Å². The van der Waals surface area contributed by atoms with Gasteiger partial charge in [-0.3, -0.25) is 0 Å². The van der Waals surface area contributed by atoms with Gasteiger partial charge in [-0.05, 0) is 58.0 Å². The topological polar surface area (TPSA) is 29.5 Å². The first kappa shape index (κ1) is 14.8. The van der Waals surface area contributed by atoms with E-state index in [4.69, 9.17) is 4.74 Å². The summed E-state index contributed by atoms with van der Waals surface area (Å²) in [6, 6.07) is 13.7. The van der Waals surface area contributed by atoms with Gasteiger partial charge < -0.3 is 9.84 Å². The highest BCUT2D eigenvalue weighted by atomic mass is 127. The van der Waals surface area contributed by atoms with E-state index in [1.54, 1.807) is 7.11 Å². The molecule has 100 valence electrons. The molecule has 2 aromatic rings. The molecule has 0 saturated carbocycles. The van der Waals surface area contributed by atoms with Gasteiger partial charge in [-0.25, -0.2) is 0 Å². The Morgan fingerprint density at radius 1 is 1.26 bits per heavy atom. The van der Waals surface area contributed by atoms with Gasteiger partial charge in [0, 0.05) is 14.5 Å². The van der Waals surface area contributed by atoms with Crippen molar-refractivity contribution in [2.24, 2.45) is 0 Å². The van der Waals surface area contributed by atoms with Crippen LogP contribution in [-0.2, 0) is 6.42 Å². The van der Waals surface area contributed by atoms with E-state index in [2.05, 4.69) is 38.5 Å². The van der Waals surface area contributed by atoms with Crippen LogP contribution in [0, 0.1) is 3.57 Å². The third-order valence-corrected chi connectivity index (χ3v) is 4.40. The number of aliphatic hydroxyl groups excluding tert-OH is 1. The molecule has 19 heavy (non-hydrogen) atoms. The molecule has 2 nitrogen and oxygen atoms in total. The predicted octanol–water partition coefficient (Wildman–Crippen LogP) is 4.34. The smallest absolute Gasteiger partial charge is 0.122 e. The summed E-state index contributed by atoms with van der Waals surface area (Å²) in [7, 11) is 1.64. The summed E-state index contributed by atoms with van der Waals surface area (Å²) in [5.74, 6) is 0.799. The van der Waals surface area contributed by atoms with Gasteiger partial charge in [0.15, 0.2) is 0 Å². The highest BCUT2D eigenvalue weighted by Crippen LogP contribution is 2.29. The molecular weight excluding hydrogens is 419 g/mol. The maximum Gasteiger partial charge on any atom is 0.122 e. The molecule has 0 amide bonds. The zero-order chi connectivity index (χ0) is 13.8. The van der Waals surface area contributed by atoms with E-state index in [0.29, 0.717) is 6.42 Å². The van der Waals surface area contributed by atoms with Crippen LogP contribution in [0.15, 0.2) is 46.9 Å². The molecule has 0 heterocycles. The number of rotatable bonds is 4. The van der Waals surface area contributed by atoms with Crippen molar-refractivity contribution in [3.8, 4) is 5.75 Å². The van der Waals surface area contributed by atoms with Crippen molar-refractivity contribution in [1.29, 1.82) is 0 Å². The first-order chi connectivity index (χ1) is 9.11. The second-order valence-electron chi connectivity index (χ2n) is 4.20. The molecule has 0 aliphatic heterocycles. The summed E-state index contributed by atoms with van der Waals surface area (Å²) in [4.78, 5) is 0. The van der Waals surface area contributed by atoms with Crippen LogP contribution in [0.3, 0.4) is 0 Å². The Kier molecular flexibility index (Phi) is 5.24. The van der Waals surface area contributed by atoms with Gasteiger partial charge in [0.25, 0.3) is 0 Å².